The van der Waals surface area contributed by atoms with E-state index < -0.39 is 0 Å². The molecule has 0 radical (unpaired) electrons. The maximum absolute atomic E-state index is 7.06. The third-order valence-corrected chi connectivity index (χ3v) is 11.4. The number of rotatable bonds is 9. The lowest BCUT2D eigenvalue weighted by Crippen LogP contribution is -2.09. The molecule has 288 valence electrons. The summed E-state index contributed by atoms with van der Waals surface area (Å²) in [6.07, 6.45) is 3.66. The summed E-state index contributed by atoms with van der Waals surface area (Å²) in [5.74, 6) is 2.46. The van der Waals surface area contributed by atoms with E-state index in [2.05, 4.69) is 168 Å². The Morgan fingerprint density at radius 1 is 0.361 bits per heavy atom. The maximum Gasteiger partial charge on any atom is 0.143 e. The van der Waals surface area contributed by atoms with Crippen molar-refractivity contribution in [2.75, 3.05) is 4.90 Å². The number of anilines is 3. The van der Waals surface area contributed by atoms with Crippen LogP contribution in [-0.4, -0.2) is 4.98 Å². The Labute approximate surface area is 354 Å². The molecule has 0 fully saturated rings. The lowest BCUT2D eigenvalue weighted by molar-refractivity contribution is 0.483. The number of pyridine rings is 1. The van der Waals surface area contributed by atoms with E-state index in [1.807, 2.05) is 73.1 Å². The van der Waals surface area contributed by atoms with E-state index in [-0.39, 0.29) is 0 Å². The van der Waals surface area contributed by atoms with E-state index in [4.69, 9.17) is 9.15 Å². The van der Waals surface area contributed by atoms with E-state index in [0.717, 1.165) is 95.0 Å². The van der Waals surface area contributed by atoms with Crippen LogP contribution in [0.25, 0.3) is 77.2 Å². The second-order valence-electron chi connectivity index (χ2n) is 15.1. The minimum atomic E-state index is 0.778. The van der Waals surface area contributed by atoms with Crippen LogP contribution in [-0.2, 0) is 0 Å². The quantitative estimate of drug-likeness (QED) is 0.137. The summed E-state index contributed by atoms with van der Waals surface area (Å²) in [5, 5.41) is 5.77. The van der Waals surface area contributed by atoms with Gasteiger partial charge in [0.15, 0.2) is 0 Å². The van der Waals surface area contributed by atoms with Crippen LogP contribution in [0, 0.1) is 0 Å². The standard InChI is InChI=1S/C57H38N2O2/c1-4-12-42(13-5-1)54-55-52-19-11-10-18-50(52)51-33-24-44(38-53(51)57(55)61-56(54)43-14-6-2-7-15-43)40-22-27-46(28-23-40)59(45-25-20-39(21-26-45)41-34-36-58-37-35-41)47-29-31-49(32-30-47)60-48-16-8-3-9-17-48/h1-38H. The van der Waals surface area contributed by atoms with Crippen LogP contribution in [0.15, 0.2) is 235 Å². The van der Waals surface area contributed by atoms with E-state index in [1.165, 1.54) is 10.8 Å². The summed E-state index contributed by atoms with van der Waals surface area (Å²) in [6, 6.07) is 76.3. The van der Waals surface area contributed by atoms with Crippen LogP contribution >= 0.6 is 0 Å². The largest absolute Gasteiger partial charge is 0.457 e. The van der Waals surface area contributed by atoms with Gasteiger partial charge in [0.25, 0.3) is 0 Å². The summed E-state index contributed by atoms with van der Waals surface area (Å²) >= 11 is 0. The van der Waals surface area contributed by atoms with Gasteiger partial charge >= 0.3 is 0 Å². The molecule has 61 heavy (non-hydrogen) atoms. The molecule has 2 heterocycles. The highest BCUT2D eigenvalue weighted by molar-refractivity contribution is 6.28. The molecule has 0 amide bonds. The third-order valence-electron chi connectivity index (χ3n) is 11.4. The number of ether oxygens (including phenoxy) is 1. The van der Waals surface area contributed by atoms with Crippen molar-refractivity contribution in [1.82, 2.24) is 4.98 Å². The molecule has 0 N–H and O–H groups in total. The van der Waals surface area contributed by atoms with Crippen molar-refractivity contribution in [2.45, 2.75) is 0 Å². The normalized spacial score (nSPS) is 11.3. The molecular weight excluding hydrogens is 745 g/mol. The lowest BCUT2D eigenvalue weighted by Gasteiger charge is -2.26. The average molecular weight is 783 g/mol. The van der Waals surface area contributed by atoms with Crippen molar-refractivity contribution >= 4 is 49.6 Å². The minimum Gasteiger partial charge on any atom is -0.457 e. The molecule has 0 atom stereocenters. The Kier molecular flexibility index (Phi) is 9.14. The summed E-state index contributed by atoms with van der Waals surface area (Å²) < 4.78 is 13.2. The second-order valence-corrected chi connectivity index (χ2v) is 15.1. The highest BCUT2D eigenvalue weighted by Crippen LogP contribution is 2.48. The molecular formula is C57H38N2O2. The summed E-state index contributed by atoms with van der Waals surface area (Å²) in [4.78, 5) is 6.48. The first-order valence-corrected chi connectivity index (χ1v) is 20.5. The van der Waals surface area contributed by atoms with Gasteiger partial charge in [0.2, 0.25) is 0 Å². The fourth-order valence-corrected chi connectivity index (χ4v) is 8.52. The van der Waals surface area contributed by atoms with Gasteiger partial charge < -0.3 is 14.1 Å². The van der Waals surface area contributed by atoms with Gasteiger partial charge in [-0.1, -0.05) is 140 Å². The molecule has 0 bridgehead atoms. The number of fused-ring (bicyclic) bond motifs is 6. The topological polar surface area (TPSA) is 38.5 Å². The molecule has 9 aromatic carbocycles. The zero-order chi connectivity index (χ0) is 40.5. The van der Waals surface area contributed by atoms with Gasteiger partial charge in [0.1, 0.15) is 22.8 Å². The van der Waals surface area contributed by atoms with Gasteiger partial charge in [-0.3, -0.25) is 4.98 Å². The Balaban J connectivity index is 1.02. The molecule has 0 saturated carbocycles. The van der Waals surface area contributed by atoms with Gasteiger partial charge in [-0.25, -0.2) is 0 Å². The van der Waals surface area contributed by atoms with Gasteiger partial charge in [0.05, 0.1) is 0 Å². The van der Waals surface area contributed by atoms with Crippen LogP contribution in [0.4, 0.5) is 17.1 Å². The molecule has 0 aliphatic heterocycles. The number of para-hydroxylation sites is 1. The fourth-order valence-electron chi connectivity index (χ4n) is 8.52. The third kappa shape index (κ3) is 6.76. The monoisotopic (exact) mass is 782 g/mol. The molecule has 0 aliphatic rings. The first-order chi connectivity index (χ1) is 30.2. The van der Waals surface area contributed by atoms with E-state index in [9.17, 15) is 0 Å². The van der Waals surface area contributed by atoms with Crippen LogP contribution in [0.5, 0.6) is 11.5 Å². The lowest BCUT2D eigenvalue weighted by atomic mass is 9.91. The van der Waals surface area contributed by atoms with Crippen molar-refractivity contribution in [3.8, 4) is 56.2 Å². The molecule has 4 nitrogen and oxygen atoms in total. The summed E-state index contributed by atoms with van der Waals surface area (Å²) in [7, 11) is 0. The number of hydrogen-bond donors (Lipinski definition) is 0. The average Bonchev–Trinajstić information content (AvgIpc) is 3.75. The Hall–Kier alpha value is -8.21. The smallest absolute Gasteiger partial charge is 0.143 e. The van der Waals surface area contributed by atoms with E-state index in [0.29, 0.717) is 0 Å². The van der Waals surface area contributed by atoms with Gasteiger partial charge in [-0.2, -0.15) is 0 Å². The molecule has 2 aromatic heterocycles. The molecule has 0 aliphatic carbocycles. The Morgan fingerprint density at radius 3 is 1.48 bits per heavy atom. The number of furan rings is 1. The van der Waals surface area contributed by atoms with Crippen molar-refractivity contribution in [3.63, 3.8) is 0 Å². The van der Waals surface area contributed by atoms with Crippen LogP contribution < -0.4 is 9.64 Å². The number of benzene rings is 9. The SMILES string of the molecule is c1ccc(Oc2ccc(N(c3ccc(-c4ccncc4)cc3)c3ccc(-c4ccc5c6ccccc6c6c(-c7ccccc7)c(-c7ccccc7)oc6c5c4)cc3)cc2)cc1. The fraction of sp³-hybridized carbons (Fsp3) is 0. The number of hydrogen-bond acceptors (Lipinski definition) is 4. The van der Waals surface area contributed by atoms with Crippen LogP contribution in [0.2, 0.25) is 0 Å². The Bertz CT molecular complexity index is 3270. The molecule has 0 unspecified atom stereocenters. The highest BCUT2D eigenvalue weighted by atomic mass is 16.5. The van der Waals surface area contributed by atoms with Gasteiger partial charge in [-0.05, 0) is 123 Å². The first-order valence-electron chi connectivity index (χ1n) is 20.5. The number of nitrogens with zero attached hydrogens (tertiary/aromatic N) is 2. The van der Waals surface area contributed by atoms with Crippen LogP contribution in [0.3, 0.4) is 0 Å². The Morgan fingerprint density at radius 2 is 0.836 bits per heavy atom. The summed E-state index contributed by atoms with van der Waals surface area (Å²) in [6.45, 7) is 0. The van der Waals surface area contributed by atoms with Crippen molar-refractivity contribution < 1.29 is 9.15 Å². The zero-order valence-electron chi connectivity index (χ0n) is 33.2. The van der Waals surface area contributed by atoms with Gasteiger partial charge in [-0.15, -0.1) is 0 Å². The molecule has 4 heteroatoms. The molecule has 0 spiro atoms. The first kappa shape index (κ1) is 35.9. The van der Waals surface area contributed by atoms with Crippen molar-refractivity contribution in [3.05, 3.63) is 231 Å². The molecule has 11 aromatic rings. The highest BCUT2D eigenvalue weighted by Gasteiger charge is 2.23. The predicted octanol–water partition coefficient (Wildman–Crippen LogP) is 16.1. The summed E-state index contributed by atoms with van der Waals surface area (Å²) in [5.41, 5.74) is 11.8. The van der Waals surface area contributed by atoms with E-state index in [1.54, 1.807) is 0 Å². The minimum absolute atomic E-state index is 0.778. The second kappa shape index (κ2) is 15.5. The maximum atomic E-state index is 7.06. The molecule has 0 saturated heterocycles. The molecule has 11 rings (SSSR count). The zero-order valence-corrected chi connectivity index (χ0v) is 33.2. The van der Waals surface area contributed by atoms with E-state index >= 15 is 0 Å². The van der Waals surface area contributed by atoms with Crippen molar-refractivity contribution in [2.24, 2.45) is 0 Å². The number of aromatic nitrogens is 1. The predicted molar refractivity (Wildman–Crippen MR) is 252 cm³/mol. The van der Waals surface area contributed by atoms with Gasteiger partial charge in [0, 0.05) is 51.4 Å². The van der Waals surface area contributed by atoms with Crippen molar-refractivity contribution in [1.29, 1.82) is 0 Å². The van der Waals surface area contributed by atoms with Crippen LogP contribution in [0.1, 0.15) is 0 Å².